The molecule has 0 bridgehead atoms. The second-order valence-electron chi connectivity index (χ2n) is 3.98. The van der Waals surface area contributed by atoms with E-state index in [-0.39, 0.29) is 12.4 Å². The van der Waals surface area contributed by atoms with Crippen molar-refractivity contribution in [1.29, 1.82) is 0 Å². The average Bonchev–Trinajstić information content (AvgIpc) is 2.54. The molecule has 0 heterocycles. The molecule has 0 aliphatic carbocycles. The fraction of sp³-hybridized carbons (Fsp3) is 0.143. The van der Waals surface area contributed by atoms with Crippen LogP contribution in [0.2, 0.25) is 0 Å². The van der Waals surface area contributed by atoms with Crippen molar-refractivity contribution in [3.8, 4) is 0 Å². The molecule has 2 aromatic rings. The SMILES string of the molecule is Cc1ccc(N)cc1.Cc1ccc(NN)cc1.Cl.II.I[I-]I. The number of nitrogen functional groups attached to an aromatic ring is 2. The van der Waals surface area contributed by atoms with Crippen LogP contribution in [0.4, 0.5) is 11.4 Å². The molecule has 0 radical (unpaired) electrons. The van der Waals surface area contributed by atoms with E-state index in [4.69, 9.17) is 11.6 Å². The van der Waals surface area contributed by atoms with Gasteiger partial charge in [-0.05, 0) is 38.1 Å². The summed E-state index contributed by atoms with van der Waals surface area (Å²) in [5.74, 6) is 5.15. The number of benzene rings is 2. The molecular formula is C14H20ClI5N3-. The first-order chi connectivity index (χ1) is 10.5. The van der Waals surface area contributed by atoms with Crippen LogP contribution >= 0.6 is 86.9 Å². The normalized spacial score (nSPS) is 7.96. The zero-order chi connectivity index (χ0) is 17.4. The van der Waals surface area contributed by atoms with Crippen molar-refractivity contribution in [2.45, 2.75) is 13.8 Å². The zero-order valence-electron chi connectivity index (χ0n) is 12.6. The van der Waals surface area contributed by atoms with Crippen LogP contribution in [-0.2, 0) is 0 Å². The van der Waals surface area contributed by atoms with Crippen molar-refractivity contribution in [2.24, 2.45) is 5.84 Å². The summed E-state index contributed by atoms with van der Waals surface area (Å²) in [6.45, 7) is 4.08. The summed E-state index contributed by atoms with van der Waals surface area (Å²) in [4.78, 5) is 0. The number of nitrogens with one attached hydrogen (secondary N) is 1. The predicted molar refractivity (Wildman–Crippen MR) is 138 cm³/mol. The molecule has 0 saturated heterocycles. The van der Waals surface area contributed by atoms with Crippen molar-refractivity contribution in [2.75, 3.05) is 11.2 Å². The van der Waals surface area contributed by atoms with Crippen LogP contribution < -0.4 is 30.3 Å². The van der Waals surface area contributed by atoms with Gasteiger partial charge in [0.15, 0.2) is 0 Å². The Labute approximate surface area is 198 Å². The summed E-state index contributed by atoms with van der Waals surface area (Å²) < 4.78 is 0. The molecule has 0 aliphatic heterocycles. The minimum atomic E-state index is 0. The van der Waals surface area contributed by atoms with Gasteiger partial charge < -0.3 is 11.2 Å². The Morgan fingerprint density at radius 3 is 1.39 bits per heavy atom. The van der Waals surface area contributed by atoms with Gasteiger partial charge >= 0.3 is 50.5 Å². The van der Waals surface area contributed by atoms with Gasteiger partial charge in [-0.15, -0.1) is 12.4 Å². The van der Waals surface area contributed by atoms with Crippen LogP contribution in [0.15, 0.2) is 48.5 Å². The number of rotatable bonds is 1. The van der Waals surface area contributed by atoms with Crippen LogP contribution in [0.3, 0.4) is 0 Å². The second kappa shape index (κ2) is 22.0. The molecule has 5 N–H and O–H groups in total. The van der Waals surface area contributed by atoms with Gasteiger partial charge in [0, 0.05) is 48.6 Å². The Kier molecular flexibility index (Phi) is 28.4. The second-order valence-corrected chi connectivity index (χ2v) is 20.2. The van der Waals surface area contributed by atoms with E-state index in [0.29, 0.717) is 13.3 Å². The van der Waals surface area contributed by atoms with Crippen LogP contribution in [0.1, 0.15) is 11.1 Å². The molecule has 2 rings (SSSR count). The number of halogens is 6. The van der Waals surface area contributed by atoms with Crippen molar-refractivity contribution >= 4 is 98.2 Å². The van der Waals surface area contributed by atoms with Crippen LogP contribution in [0.5, 0.6) is 0 Å². The average molecular weight is 900 g/mol. The third kappa shape index (κ3) is 20.1. The van der Waals surface area contributed by atoms with Gasteiger partial charge in [0.2, 0.25) is 0 Å². The molecule has 0 aliphatic rings. The molecule has 0 atom stereocenters. The first-order valence-corrected chi connectivity index (χ1v) is 24.8. The molecule has 3 nitrogen and oxygen atoms in total. The third-order valence-corrected chi connectivity index (χ3v) is 2.30. The van der Waals surface area contributed by atoms with Gasteiger partial charge in [0.1, 0.15) is 0 Å². The standard InChI is InChI=1S/C7H10N2.C7H9N.ClH.I3.I2/c1-6-2-4-7(9-8)5-3-6;1-6-2-4-7(8)5-3-6;;1-3-2;1-2/h2-5,9H,8H2,1H3;2-5H,8H2,1H3;1H;;/q;;;-1;. The summed E-state index contributed by atoms with van der Waals surface area (Å²) in [5.41, 5.74) is 12.2. The first kappa shape index (κ1) is 29.7. The number of anilines is 2. The zero-order valence-corrected chi connectivity index (χ0v) is 24.2. The Morgan fingerprint density at radius 1 is 0.826 bits per heavy atom. The Bertz CT molecular complexity index is 448. The molecule has 2 aromatic carbocycles. The van der Waals surface area contributed by atoms with Gasteiger partial charge in [-0.25, -0.2) is 0 Å². The topological polar surface area (TPSA) is 64.1 Å². The number of hydrazine groups is 1. The van der Waals surface area contributed by atoms with Crippen molar-refractivity contribution in [3.05, 3.63) is 59.7 Å². The van der Waals surface area contributed by atoms with E-state index in [9.17, 15) is 0 Å². The molecule has 134 valence electrons. The van der Waals surface area contributed by atoms with Crippen LogP contribution in [-0.4, -0.2) is 0 Å². The van der Waals surface area contributed by atoms with Gasteiger partial charge in [0.05, 0.1) is 0 Å². The number of hydrogen-bond donors (Lipinski definition) is 3. The molecule has 9 heteroatoms. The van der Waals surface area contributed by atoms with E-state index >= 15 is 0 Å². The summed E-state index contributed by atoms with van der Waals surface area (Å²) in [6, 6.07) is 15.7. The molecule has 0 spiro atoms. The van der Waals surface area contributed by atoms with E-state index in [2.05, 4.69) is 79.9 Å². The molecule has 0 unspecified atom stereocenters. The Morgan fingerprint density at radius 2 is 1.13 bits per heavy atom. The van der Waals surface area contributed by atoms with E-state index < -0.39 is 0 Å². The fourth-order valence-electron chi connectivity index (χ4n) is 1.22. The Hall–Kier alpha value is 1.94. The fourth-order valence-corrected chi connectivity index (χ4v) is 1.22. The predicted octanol–water partition coefficient (Wildman–Crippen LogP) is 3.83. The quantitative estimate of drug-likeness (QED) is 0.177. The van der Waals surface area contributed by atoms with E-state index in [0.717, 1.165) is 11.4 Å². The molecular weight excluding hydrogens is 880 g/mol. The van der Waals surface area contributed by atoms with Gasteiger partial charge in [-0.3, -0.25) is 5.84 Å². The minimum absolute atomic E-state index is 0. The number of nitrogens with two attached hydrogens (primary N) is 2. The van der Waals surface area contributed by atoms with E-state index in [1.54, 1.807) is 0 Å². The Balaban J connectivity index is -0.000000265. The van der Waals surface area contributed by atoms with Crippen LogP contribution in [0.25, 0.3) is 0 Å². The summed E-state index contributed by atoms with van der Waals surface area (Å²) in [6.07, 6.45) is 0. The van der Waals surface area contributed by atoms with Crippen molar-refractivity contribution in [1.82, 2.24) is 0 Å². The molecule has 0 saturated carbocycles. The maximum absolute atomic E-state index is 5.43. The van der Waals surface area contributed by atoms with Crippen LogP contribution in [0, 0.1) is 13.8 Å². The van der Waals surface area contributed by atoms with Crippen molar-refractivity contribution < 1.29 is 13.3 Å². The van der Waals surface area contributed by atoms with E-state index in [1.807, 2.05) is 62.4 Å². The number of hydrogen-bond acceptors (Lipinski definition) is 3. The molecule has 0 fully saturated rings. The van der Waals surface area contributed by atoms with Gasteiger partial charge in [-0.1, -0.05) is 35.4 Å². The number of aryl methyl sites for hydroxylation is 2. The maximum atomic E-state index is 5.43. The summed E-state index contributed by atoms with van der Waals surface area (Å²) >= 11 is 9.54. The molecule has 0 aromatic heterocycles. The third-order valence-electron chi connectivity index (χ3n) is 2.30. The monoisotopic (exact) mass is 900 g/mol. The molecule has 0 amide bonds. The van der Waals surface area contributed by atoms with Crippen molar-refractivity contribution in [3.63, 3.8) is 0 Å². The van der Waals surface area contributed by atoms with Gasteiger partial charge in [0.25, 0.3) is 0 Å². The summed E-state index contributed by atoms with van der Waals surface area (Å²) in [5, 5.41) is 0. The summed E-state index contributed by atoms with van der Waals surface area (Å²) in [7, 11) is 0. The molecule has 23 heavy (non-hydrogen) atoms. The van der Waals surface area contributed by atoms with E-state index in [1.165, 1.54) is 11.1 Å². The first-order valence-electron chi connectivity index (χ1n) is 5.90. The van der Waals surface area contributed by atoms with Gasteiger partial charge in [-0.2, -0.15) is 0 Å².